The second kappa shape index (κ2) is 5.78. The van der Waals surface area contributed by atoms with Gasteiger partial charge >= 0.3 is 6.09 Å². The summed E-state index contributed by atoms with van der Waals surface area (Å²) in [7, 11) is 0. The number of carbonyl (C=O) groups is 1. The standard InChI is InChI=1S/C14H19N3O5/c1-13(2,3)22-12(18)16-14(6-7-14)9-21-11-5-4-10(8-15-11)17(19)20/h4-5,8H,6-7,9H2,1-3H3,(H,16,18). The maximum Gasteiger partial charge on any atom is 0.408 e. The molecule has 0 aliphatic heterocycles. The molecule has 0 bridgehead atoms. The van der Waals surface area contributed by atoms with Crippen molar-refractivity contribution in [1.29, 1.82) is 0 Å². The lowest BCUT2D eigenvalue weighted by atomic mass is 10.2. The fraction of sp³-hybridized carbons (Fsp3) is 0.571. The molecule has 0 spiro atoms. The Hall–Kier alpha value is -2.38. The van der Waals surface area contributed by atoms with Crippen molar-refractivity contribution in [3.05, 3.63) is 28.4 Å². The number of carbonyl (C=O) groups excluding carboxylic acids is 1. The first kappa shape index (κ1) is 16.0. The zero-order chi connectivity index (χ0) is 16.4. The molecule has 1 fully saturated rings. The second-order valence-electron chi connectivity index (χ2n) is 6.31. The Labute approximate surface area is 128 Å². The van der Waals surface area contributed by atoms with E-state index in [1.807, 2.05) is 0 Å². The van der Waals surface area contributed by atoms with Crippen molar-refractivity contribution in [3.8, 4) is 5.88 Å². The molecule has 8 heteroatoms. The lowest BCUT2D eigenvalue weighted by Gasteiger charge is -2.23. The highest BCUT2D eigenvalue weighted by molar-refractivity contribution is 5.69. The first-order chi connectivity index (χ1) is 10.2. The SMILES string of the molecule is CC(C)(C)OC(=O)NC1(COc2ccc([N+](=O)[O-])cn2)CC1. The molecule has 2 rings (SSSR count). The molecule has 0 aromatic carbocycles. The highest BCUT2D eigenvalue weighted by Crippen LogP contribution is 2.36. The smallest absolute Gasteiger partial charge is 0.408 e. The molecular weight excluding hydrogens is 290 g/mol. The Morgan fingerprint density at radius 2 is 2.14 bits per heavy atom. The Kier molecular flexibility index (Phi) is 4.20. The van der Waals surface area contributed by atoms with Gasteiger partial charge in [-0.25, -0.2) is 9.78 Å². The predicted molar refractivity (Wildman–Crippen MR) is 77.7 cm³/mol. The molecule has 0 unspecified atom stereocenters. The van der Waals surface area contributed by atoms with Crippen molar-refractivity contribution >= 4 is 11.8 Å². The minimum Gasteiger partial charge on any atom is -0.475 e. The number of aromatic nitrogens is 1. The molecule has 1 aromatic heterocycles. The van der Waals surface area contributed by atoms with Crippen molar-refractivity contribution in [2.24, 2.45) is 0 Å². The van der Waals surface area contributed by atoms with Crippen LogP contribution in [0.15, 0.2) is 18.3 Å². The van der Waals surface area contributed by atoms with Crippen molar-refractivity contribution < 1.29 is 19.2 Å². The van der Waals surface area contributed by atoms with Crippen molar-refractivity contribution in [3.63, 3.8) is 0 Å². The van der Waals surface area contributed by atoms with Crippen LogP contribution in [0, 0.1) is 10.1 Å². The fourth-order valence-corrected chi connectivity index (χ4v) is 1.75. The van der Waals surface area contributed by atoms with E-state index in [0.717, 1.165) is 19.0 Å². The molecule has 1 heterocycles. The number of hydrogen-bond donors (Lipinski definition) is 1. The van der Waals surface area contributed by atoms with E-state index in [9.17, 15) is 14.9 Å². The summed E-state index contributed by atoms with van der Waals surface area (Å²) >= 11 is 0. The summed E-state index contributed by atoms with van der Waals surface area (Å²) in [6.07, 6.45) is 2.24. The van der Waals surface area contributed by atoms with Gasteiger partial charge in [0, 0.05) is 12.1 Å². The zero-order valence-corrected chi connectivity index (χ0v) is 12.8. The van der Waals surface area contributed by atoms with Crippen LogP contribution < -0.4 is 10.1 Å². The monoisotopic (exact) mass is 309 g/mol. The van der Waals surface area contributed by atoms with E-state index in [4.69, 9.17) is 9.47 Å². The first-order valence-electron chi connectivity index (χ1n) is 6.94. The molecule has 8 nitrogen and oxygen atoms in total. The van der Waals surface area contributed by atoms with Gasteiger partial charge in [-0.1, -0.05) is 0 Å². The van der Waals surface area contributed by atoms with E-state index in [1.165, 1.54) is 12.1 Å². The van der Waals surface area contributed by atoms with Gasteiger partial charge in [0.1, 0.15) is 18.4 Å². The largest absolute Gasteiger partial charge is 0.475 e. The number of alkyl carbamates (subject to hydrolysis) is 1. The number of ether oxygens (including phenoxy) is 2. The van der Waals surface area contributed by atoms with Crippen LogP contribution in [0.5, 0.6) is 5.88 Å². The number of nitro groups is 1. The normalized spacial score (nSPS) is 15.8. The molecule has 1 saturated carbocycles. The molecule has 0 atom stereocenters. The van der Waals surface area contributed by atoms with E-state index in [0.29, 0.717) is 0 Å². The third-order valence-electron chi connectivity index (χ3n) is 3.05. The maximum atomic E-state index is 11.8. The molecule has 1 aliphatic rings. The van der Waals surface area contributed by atoms with Crippen LogP contribution >= 0.6 is 0 Å². The summed E-state index contributed by atoms with van der Waals surface area (Å²) in [5.74, 6) is 0.280. The molecule has 1 amide bonds. The van der Waals surface area contributed by atoms with Crippen LogP contribution in [0.1, 0.15) is 33.6 Å². The summed E-state index contributed by atoms with van der Waals surface area (Å²) in [6, 6.07) is 2.75. The Morgan fingerprint density at radius 1 is 1.45 bits per heavy atom. The van der Waals surface area contributed by atoms with Crippen LogP contribution in [-0.2, 0) is 4.74 Å². The lowest BCUT2D eigenvalue weighted by Crippen LogP contribution is -2.44. The van der Waals surface area contributed by atoms with Crippen LogP contribution in [0.2, 0.25) is 0 Å². The van der Waals surface area contributed by atoms with E-state index >= 15 is 0 Å². The number of hydrogen-bond acceptors (Lipinski definition) is 6. The summed E-state index contributed by atoms with van der Waals surface area (Å²) in [4.78, 5) is 25.6. The van der Waals surface area contributed by atoms with Gasteiger partial charge in [-0.3, -0.25) is 10.1 Å². The minimum absolute atomic E-state index is 0.0969. The predicted octanol–water partition coefficient (Wildman–Crippen LogP) is 2.43. The molecule has 0 saturated heterocycles. The highest BCUT2D eigenvalue weighted by atomic mass is 16.6. The van der Waals surface area contributed by atoms with Crippen molar-refractivity contribution in [2.45, 2.75) is 44.8 Å². The quantitative estimate of drug-likeness (QED) is 0.661. The molecule has 22 heavy (non-hydrogen) atoms. The van der Waals surface area contributed by atoms with E-state index < -0.39 is 22.2 Å². The minimum atomic E-state index is -0.555. The van der Waals surface area contributed by atoms with Crippen LogP contribution in [0.3, 0.4) is 0 Å². The van der Waals surface area contributed by atoms with Crippen molar-refractivity contribution in [1.82, 2.24) is 10.3 Å². The number of rotatable bonds is 5. The Balaban J connectivity index is 1.85. The number of amides is 1. The summed E-state index contributed by atoms with van der Waals surface area (Å²) in [5, 5.41) is 13.3. The highest BCUT2D eigenvalue weighted by Gasteiger charge is 2.46. The molecular formula is C14H19N3O5. The van der Waals surface area contributed by atoms with Gasteiger partial charge in [0.05, 0.1) is 10.5 Å². The summed E-state index contributed by atoms with van der Waals surface area (Å²) < 4.78 is 10.7. The Bertz CT molecular complexity index is 561. The van der Waals surface area contributed by atoms with E-state index in [-0.39, 0.29) is 18.2 Å². The Morgan fingerprint density at radius 3 is 2.59 bits per heavy atom. The van der Waals surface area contributed by atoms with E-state index in [1.54, 1.807) is 20.8 Å². The number of nitrogens with one attached hydrogen (secondary N) is 1. The first-order valence-corrected chi connectivity index (χ1v) is 6.94. The van der Waals surface area contributed by atoms with Gasteiger partial charge in [0.15, 0.2) is 0 Å². The third kappa shape index (κ3) is 4.57. The van der Waals surface area contributed by atoms with Gasteiger partial charge in [-0.15, -0.1) is 0 Å². The van der Waals surface area contributed by atoms with Crippen LogP contribution in [-0.4, -0.2) is 33.7 Å². The van der Waals surface area contributed by atoms with E-state index in [2.05, 4.69) is 10.3 Å². The average Bonchev–Trinajstić information content (AvgIpc) is 3.14. The van der Waals surface area contributed by atoms with Gasteiger partial charge in [-0.05, 0) is 33.6 Å². The number of pyridine rings is 1. The van der Waals surface area contributed by atoms with Crippen LogP contribution in [0.25, 0.3) is 0 Å². The van der Waals surface area contributed by atoms with Crippen LogP contribution in [0.4, 0.5) is 10.5 Å². The summed E-state index contributed by atoms with van der Waals surface area (Å²) in [5.41, 5.74) is -1.09. The average molecular weight is 309 g/mol. The van der Waals surface area contributed by atoms with Crippen molar-refractivity contribution in [2.75, 3.05) is 6.61 Å². The molecule has 1 N–H and O–H groups in total. The molecule has 0 radical (unpaired) electrons. The summed E-state index contributed by atoms with van der Waals surface area (Å²) in [6.45, 7) is 5.63. The van der Waals surface area contributed by atoms with Gasteiger partial charge < -0.3 is 14.8 Å². The van der Waals surface area contributed by atoms with Gasteiger partial charge in [0.2, 0.25) is 5.88 Å². The maximum absolute atomic E-state index is 11.8. The fourth-order valence-electron chi connectivity index (χ4n) is 1.75. The molecule has 120 valence electrons. The number of nitrogens with zero attached hydrogens (tertiary/aromatic N) is 2. The van der Waals surface area contributed by atoms with Gasteiger partial charge in [0.25, 0.3) is 5.69 Å². The van der Waals surface area contributed by atoms with Gasteiger partial charge in [-0.2, -0.15) is 0 Å². The third-order valence-corrected chi connectivity index (χ3v) is 3.05. The second-order valence-corrected chi connectivity index (χ2v) is 6.31. The topological polar surface area (TPSA) is 104 Å². The molecule has 1 aliphatic carbocycles. The lowest BCUT2D eigenvalue weighted by molar-refractivity contribution is -0.385. The zero-order valence-electron chi connectivity index (χ0n) is 12.8. The molecule has 1 aromatic rings.